The molecular weight excluding hydrogens is 416 g/mol. The fourth-order valence-corrected chi connectivity index (χ4v) is 4.58. The molecule has 0 unspecified atom stereocenters. The molecule has 0 atom stereocenters. The Hall–Kier alpha value is -2.20. The minimum absolute atomic E-state index is 0.123. The number of carbonyl (C=O) groups is 1. The fourth-order valence-electron chi connectivity index (χ4n) is 3.03. The highest BCUT2D eigenvalue weighted by molar-refractivity contribution is 7.80. The molecule has 1 aliphatic rings. The predicted molar refractivity (Wildman–Crippen MR) is 104 cm³/mol. The Labute approximate surface area is 167 Å². The van der Waals surface area contributed by atoms with Gasteiger partial charge in [-0.15, -0.1) is 11.3 Å². The number of carbonyl (C=O) groups excluding carboxylic acids is 1. The molecule has 0 amide bonds. The zero-order valence-electron chi connectivity index (χ0n) is 14.7. The SMILES string of the molecule is COC(=O)c1c(NC(=S)Nc2cc(C(F)(F)F)ccc2F)sc2c1CCCC2. The summed E-state index contributed by atoms with van der Waals surface area (Å²) < 4.78 is 57.3. The van der Waals surface area contributed by atoms with E-state index in [1.165, 1.54) is 18.4 Å². The van der Waals surface area contributed by atoms with Crippen molar-refractivity contribution in [2.24, 2.45) is 0 Å². The van der Waals surface area contributed by atoms with E-state index in [0.29, 0.717) is 22.7 Å². The van der Waals surface area contributed by atoms with Crippen LogP contribution in [0.25, 0.3) is 0 Å². The number of halogens is 4. The second kappa shape index (κ2) is 8.04. The van der Waals surface area contributed by atoms with Crippen LogP contribution in [-0.4, -0.2) is 18.2 Å². The number of rotatable bonds is 3. The molecule has 3 rings (SSSR count). The van der Waals surface area contributed by atoms with Crippen LogP contribution in [0.15, 0.2) is 18.2 Å². The van der Waals surface area contributed by atoms with Crippen LogP contribution < -0.4 is 10.6 Å². The van der Waals surface area contributed by atoms with Gasteiger partial charge in [0.15, 0.2) is 5.11 Å². The molecule has 150 valence electrons. The zero-order chi connectivity index (χ0) is 20.5. The summed E-state index contributed by atoms with van der Waals surface area (Å²) in [5.74, 6) is -1.40. The predicted octanol–water partition coefficient (Wildman–Crippen LogP) is 5.38. The highest BCUT2D eigenvalue weighted by atomic mass is 32.1. The van der Waals surface area contributed by atoms with Crippen molar-refractivity contribution < 1.29 is 27.1 Å². The second-order valence-corrected chi connectivity index (χ2v) is 7.69. The lowest BCUT2D eigenvalue weighted by atomic mass is 9.95. The van der Waals surface area contributed by atoms with Crippen molar-refractivity contribution in [3.8, 4) is 0 Å². The van der Waals surface area contributed by atoms with Gasteiger partial charge in [-0.1, -0.05) is 0 Å². The number of alkyl halides is 3. The quantitative estimate of drug-likeness (QED) is 0.387. The van der Waals surface area contributed by atoms with Gasteiger partial charge in [-0.05, 0) is 61.7 Å². The topological polar surface area (TPSA) is 50.4 Å². The molecule has 1 aromatic carbocycles. The normalized spacial score (nSPS) is 13.6. The van der Waals surface area contributed by atoms with E-state index in [1.54, 1.807) is 0 Å². The van der Waals surface area contributed by atoms with Crippen LogP contribution >= 0.6 is 23.6 Å². The molecule has 1 aromatic heterocycles. The smallest absolute Gasteiger partial charge is 0.416 e. The number of hydrogen-bond donors (Lipinski definition) is 2. The first-order valence-electron chi connectivity index (χ1n) is 8.38. The molecule has 2 N–H and O–H groups in total. The summed E-state index contributed by atoms with van der Waals surface area (Å²) in [4.78, 5) is 13.3. The maximum Gasteiger partial charge on any atom is 0.416 e. The van der Waals surface area contributed by atoms with Crippen molar-refractivity contribution >= 4 is 45.3 Å². The van der Waals surface area contributed by atoms with Crippen molar-refractivity contribution in [3.05, 3.63) is 45.6 Å². The van der Waals surface area contributed by atoms with Crippen molar-refractivity contribution in [3.63, 3.8) is 0 Å². The number of ether oxygens (including phenoxy) is 1. The molecule has 0 radical (unpaired) electrons. The number of aryl methyl sites for hydroxylation is 1. The summed E-state index contributed by atoms with van der Waals surface area (Å²) in [6, 6.07) is 2.02. The van der Waals surface area contributed by atoms with E-state index in [0.717, 1.165) is 42.2 Å². The van der Waals surface area contributed by atoms with E-state index >= 15 is 0 Å². The monoisotopic (exact) mass is 432 g/mol. The third-order valence-corrected chi connectivity index (χ3v) is 5.74. The molecule has 0 aliphatic heterocycles. The Bertz CT molecular complexity index is 925. The van der Waals surface area contributed by atoms with E-state index in [2.05, 4.69) is 10.6 Å². The first-order valence-corrected chi connectivity index (χ1v) is 9.60. The lowest BCUT2D eigenvalue weighted by Crippen LogP contribution is -2.21. The molecule has 1 heterocycles. The minimum Gasteiger partial charge on any atom is -0.465 e. The molecule has 2 aromatic rings. The number of hydrogen-bond acceptors (Lipinski definition) is 4. The number of nitrogens with one attached hydrogen (secondary N) is 2. The summed E-state index contributed by atoms with van der Waals surface area (Å²) in [5, 5.41) is 5.55. The lowest BCUT2D eigenvalue weighted by Gasteiger charge is -2.14. The van der Waals surface area contributed by atoms with Gasteiger partial charge in [-0.25, -0.2) is 9.18 Å². The zero-order valence-corrected chi connectivity index (χ0v) is 16.3. The third-order valence-electron chi connectivity index (χ3n) is 4.33. The van der Waals surface area contributed by atoms with Gasteiger partial charge in [0.2, 0.25) is 0 Å². The van der Waals surface area contributed by atoms with Gasteiger partial charge in [0.25, 0.3) is 0 Å². The summed E-state index contributed by atoms with van der Waals surface area (Å²) in [6.45, 7) is 0. The average Bonchev–Trinajstić information content (AvgIpc) is 2.99. The molecular formula is C18H16F4N2O2S2. The largest absolute Gasteiger partial charge is 0.465 e. The van der Waals surface area contributed by atoms with Gasteiger partial charge in [-0.3, -0.25) is 0 Å². The minimum atomic E-state index is -4.61. The molecule has 0 saturated heterocycles. The van der Waals surface area contributed by atoms with Crippen LogP contribution in [0.3, 0.4) is 0 Å². The van der Waals surface area contributed by atoms with Crippen LogP contribution in [0.1, 0.15) is 39.2 Å². The average molecular weight is 432 g/mol. The third kappa shape index (κ3) is 4.27. The Morgan fingerprint density at radius 3 is 2.61 bits per heavy atom. The Kier molecular flexibility index (Phi) is 5.90. The molecule has 0 spiro atoms. The first kappa shape index (κ1) is 20.5. The van der Waals surface area contributed by atoms with Gasteiger partial charge >= 0.3 is 12.1 Å². The van der Waals surface area contributed by atoms with E-state index in [1.807, 2.05) is 0 Å². The van der Waals surface area contributed by atoms with Gasteiger partial charge in [0.1, 0.15) is 10.8 Å². The molecule has 0 bridgehead atoms. The van der Waals surface area contributed by atoms with Crippen molar-refractivity contribution in [1.29, 1.82) is 0 Å². The highest BCUT2D eigenvalue weighted by Gasteiger charge is 2.31. The van der Waals surface area contributed by atoms with Crippen LogP contribution in [0.4, 0.5) is 28.3 Å². The Morgan fingerprint density at radius 2 is 1.93 bits per heavy atom. The number of benzene rings is 1. The van der Waals surface area contributed by atoms with Crippen LogP contribution in [0.2, 0.25) is 0 Å². The number of thiocarbonyl (C=S) groups is 1. The summed E-state index contributed by atoms with van der Waals surface area (Å²) >= 11 is 6.46. The number of fused-ring (bicyclic) bond motifs is 1. The van der Waals surface area contributed by atoms with Crippen molar-refractivity contribution in [2.45, 2.75) is 31.9 Å². The van der Waals surface area contributed by atoms with E-state index < -0.39 is 29.2 Å². The molecule has 0 saturated carbocycles. The van der Waals surface area contributed by atoms with Gasteiger partial charge in [0.05, 0.1) is 23.9 Å². The Balaban J connectivity index is 1.84. The summed E-state index contributed by atoms with van der Waals surface area (Å²) in [6.07, 6.45) is -1.09. The Morgan fingerprint density at radius 1 is 1.21 bits per heavy atom. The van der Waals surface area contributed by atoms with Crippen LogP contribution in [0.5, 0.6) is 0 Å². The number of anilines is 2. The van der Waals surface area contributed by atoms with E-state index in [-0.39, 0.29) is 5.11 Å². The van der Waals surface area contributed by atoms with E-state index in [4.69, 9.17) is 17.0 Å². The number of methoxy groups -OCH3 is 1. The van der Waals surface area contributed by atoms with Gasteiger partial charge < -0.3 is 15.4 Å². The molecule has 0 fully saturated rings. The van der Waals surface area contributed by atoms with Gasteiger partial charge in [-0.2, -0.15) is 13.2 Å². The highest BCUT2D eigenvalue weighted by Crippen LogP contribution is 2.39. The number of thiophene rings is 1. The molecule has 1 aliphatic carbocycles. The number of esters is 1. The summed E-state index contributed by atoms with van der Waals surface area (Å²) in [5.41, 5.74) is -0.135. The van der Waals surface area contributed by atoms with Crippen molar-refractivity contribution in [1.82, 2.24) is 0 Å². The second-order valence-electron chi connectivity index (χ2n) is 6.18. The standard InChI is InChI=1S/C18H16F4N2O2S2/c1-26-16(25)14-10-4-2-3-5-13(10)28-15(14)24-17(27)23-12-8-9(18(20,21)22)6-7-11(12)19/h6-8H,2-5H2,1H3,(H2,23,24,27). The summed E-state index contributed by atoms with van der Waals surface area (Å²) in [7, 11) is 1.27. The molecule has 10 heteroatoms. The maximum absolute atomic E-state index is 13.9. The van der Waals surface area contributed by atoms with Crippen molar-refractivity contribution in [2.75, 3.05) is 17.7 Å². The fraction of sp³-hybridized carbons (Fsp3) is 0.333. The van der Waals surface area contributed by atoms with Crippen LogP contribution in [-0.2, 0) is 23.8 Å². The van der Waals surface area contributed by atoms with Gasteiger partial charge in [0, 0.05) is 4.88 Å². The van der Waals surface area contributed by atoms with Crippen LogP contribution in [0, 0.1) is 5.82 Å². The van der Waals surface area contributed by atoms with E-state index in [9.17, 15) is 22.4 Å². The first-order chi connectivity index (χ1) is 13.2. The maximum atomic E-state index is 13.9. The lowest BCUT2D eigenvalue weighted by molar-refractivity contribution is -0.137. The molecule has 4 nitrogen and oxygen atoms in total. The molecule has 28 heavy (non-hydrogen) atoms.